The summed E-state index contributed by atoms with van der Waals surface area (Å²) in [6, 6.07) is -0.903. The molecule has 4 N–H and O–H groups in total. The second kappa shape index (κ2) is 15.6. The summed E-state index contributed by atoms with van der Waals surface area (Å²) in [4.78, 5) is 36.2. The third-order valence-corrected chi connectivity index (χ3v) is 7.45. The van der Waals surface area contributed by atoms with Gasteiger partial charge in [0.1, 0.15) is 25.0 Å². The lowest BCUT2D eigenvalue weighted by molar-refractivity contribution is -0.159. The number of carbonyl (C=O) groups is 2. The molecule has 1 saturated heterocycles. The van der Waals surface area contributed by atoms with Crippen LogP contribution in [-0.2, 0) is 19.1 Å². The number of nitrogens with zero attached hydrogens (tertiary/aromatic N) is 4. The minimum absolute atomic E-state index is 0.00395. The van der Waals surface area contributed by atoms with E-state index in [-0.39, 0.29) is 29.3 Å². The number of nitrogens with two attached hydrogens (primary N) is 1. The molecule has 2 aromatic heterocycles. The van der Waals surface area contributed by atoms with Crippen LogP contribution in [0.1, 0.15) is 104 Å². The quantitative estimate of drug-likeness (QED) is 0.110. The number of hydrogen-bond donors (Lipinski definition) is 3. The fraction of sp³-hybridized carbons (Fsp3) is 0.690. The lowest BCUT2D eigenvalue weighted by atomic mass is 9.99. The molecule has 0 bridgehead atoms. The summed E-state index contributed by atoms with van der Waals surface area (Å²) in [5.41, 5.74) is 4.30. The van der Waals surface area contributed by atoms with Crippen molar-refractivity contribution in [3.63, 3.8) is 0 Å². The number of anilines is 1. The van der Waals surface area contributed by atoms with Crippen LogP contribution in [0, 0.1) is 18.4 Å². The van der Waals surface area contributed by atoms with Crippen molar-refractivity contribution in [3.05, 3.63) is 12.4 Å². The number of nitrogen functional groups attached to an aromatic ring is 1. The predicted octanol–water partition coefficient (Wildman–Crippen LogP) is 3.95. The Balaban J connectivity index is 1.39. The summed E-state index contributed by atoms with van der Waals surface area (Å²) in [5.74, 6) is 1.32. The highest BCUT2D eigenvalue weighted by molar-refractivity contribution is 5.84. The predicted molar refractivity (Wildman–Crippen MR) is 152 cm³/mol. The molecule has 41 heavy (non-hydrogen) atoms. The van der Waals surface area contributed by atoms with Crippen molar-refractivity contribution in [2.24, 2.45) is 0 Å². The van der Waals surface area contributed by atoms with Gasteiger partial charge in [0.2, 0.25) is 5.91 Å². The first-order valence-corrected chi connectivity index (χ1v) is 14.7. The van der Waals surface area contributed by atoms with Gasteiger partial charge in [-0.25, -0.2) is 9.78 Å². The van der Waals surface area contributed by atoms with E-state index in [2.05, 4.69) is 33.1 Å². The minimum Gasteiger partial charge on any atom is -0.460 e. The van der Waals surface area contributed by atoms with Crippen LogP contribution in [0.5, 0.6) is 0 Å². The second-order valence-corrected chi connectivity index (χ2v) is 10.7. The Bertz CT molecular complexity index is 1200. The SMILES string of the molecule is C#C[C@]1(COC(=O)[C@H](C)NC(=O)CCCCCCCCCCCCC)O[C@@H](n2cnc3c(N)nc(F)nc32)C[C@@H]1O. The van der Waals surface area contributed by atoms with E-state index in [1.807, 2.05) is 0 Å². The zero-order valence-corrected chi connectivity index (χ0v) is 24.1. The van der Waals surface area contributed by atoms with Gasteiger partial charge in [-0.05, 0) is 13.3 Å². The monoisotopic (exact) mass is 574 g/mol. The van der Waals surface area contributed by atoms with E-state index in [9.17, 15) is 19.1 Å². The molecular formula is C29H43FN6O5. The zero-order chi connectivity index (χ0) is 29.8. The van der Waals surface area contributed by atoms with Crippen LogP contribution in [0.4, 0.5) is 10.2 Å². The normalized spacial score (nSPS) is 21.0. The third kappa shape index (κ3) is 8.84. The standard InChI is InChI=1S/C29H43FN6O5/c1-4-6-7-8-9-10-11-12-13-14-15-16-22(38)33-20(3)27(39)40-18-29(5-2)21(37)17-23(41-29)36-19-32-24-25(31)34-28(30)35-26(24)36/h2,19-21,23,37H,4,6-18H2,1,3H3,(H,33,38)(H2,31,34,35)/t20-,21-,23+,29+/m0/s1. The van der Waals surface area contributed by atoms with Crippen LogP contribution in [0.3, 0.4) is 0 Å². The lowest BCUT2D eigenvalue weighted by Gasteiger charge is -2.26. The molecule has 0 saturated carbocycles. The molecule has 0 unspecified atom stereocenters. The number of unbranched alkanes of at least 4 members (excludes halogenated alkanes) is 10. The highest BCUT2D eigenvalue weighted by Crippen LogP contribution is 2.38. The van der Waals surface area contributed by atoms with Crippen molar-refractivity contribution >= 4 is 28.9 Å². The van der Waals surface area contributed by atoms with Gasteiger partial charge in [0.15, 0.2) is 22.6 Å². The molecule has 4 atom stereocenters. The molecule has 0 aromatic carbocycles. The number of rotatable bonds is 17. The van der Waals surface area contributed by atoms with Gasteiger partial charge in [-0.3, -0.25) is 9.36 Å². The van der Waals surface area contributed by atoms with Crippen LogP contribution in [0.15, 0.2) is 6.33 Å². The summed E-state index contributed by atoms with van der Waals surface area (Å²) in [6.45, 7) is 3.30. The summed E-state index contributed by atoms with van der Waals surface area (Å²) in [6.07, 6.45) is 17.3. The van der Waals surface area contributed by atoms with Crippen LogP contribution < -0.4 is 11.1 Å². The number of imidazole rings is 1. The molecule has 3 heterocycles. The summed E-state index contributed by atoms with van der Waals surface area (Å²) >= 11 is 0. The van der Waals surface area contributed by atoms with Crippen LogP contribution in [0.25, 0.3) is 11.2 Å². The lowest BCUT2D eigenvalue weighted by Crippen LogP contribution is -2.46. The molecule has 1 fully saturated rings. The van der Waals surface area contributed by atoms with Gasteiger partial charge in [0.05, 0.1) is 6.33 Å². The van der Waals surface area contributed by atoms with E-state index in [0.29, 0.717) is 6.42 Å². The van der Waals surface area contributed by atoms with Gasteiger partial charge in [-0.2, -0.15) is 14.4 Å². The average molecular weight is 575 g/mol. The van der Waals surface area contributed by atoms with Crippen molar-refractivity contribution in [2.75, 3.05) is 12.3 Å². The molecule has 1 amide bonds. The summed E-state index contributed by atoms with van der Waals surface area (Å²) in [5, 5.41) is 13.4. The number of aliphatic hydroxyl groups is 1. The zero-order valence-electron chi connectivity index (χ0n) is 24.1. The fourth-order valence-corrected chi connectivity index (χ4v) is 4.97. The Kier molecular flexibility index (Phi) is 12.3. The van der Waals surface area contributed by atoms with Gasteiger partial charge in [-0.15, -0.1) is 6.42 Å². The molecule has 226 valence electrons. The molecule has 11 nitrogen and oxygen atoms in total. The van der Waals surface area contributed by atoms with Crippen molar-refractivity contribution in [3.8, 4) is 12.3 Å². The number of fused-ring (bicyclic) bond motifs is 1. The van der Waals surface area contributed by atoms with Gasteiger partial charge in [0.25, 0.3) is 0 Å². The summed E-state index contributed by atoms with van der Waals surface area (Å²) in [7, 11) is 0. The van der Waals surface area contributed by atoms with E-state index in [1.54, 1.807) is 0 Å². The molecule has 12 heteroatoms. The Morgan fingerprint density at radius 2 is 1.85 bits per heavy atom. The van der Waals surface area contributed by atoms with Gasteiger partial charge >= 0.3 is 12.0 Å². The van der Waals surface area contributed by atoms with E-state index in [0.717, 1.165) is 19.3 Å². The number of terminal acetylenes is 1. The molecule has 0 radical (unpaired) electrons. The second-order valence-electron chi connectivity index (χ2n) is 10.7. The van der Waals surface area contributed by atoms with Crippen molar-refractivity contribution < 1.29 is 28.6 Å². The van der Waals surface area contributed by atoms with Crippen LogP contribution >= 0.6 is 0 Å². The van der Waals surface area contributed by atoms with Crippen LogP contribution in [-0.4, -0.2) is 60.9 Å². The smallest absolute Gasteiger partial charge is 0.328 e. The number of carbonyl (C=O) groups excluding carboxylic acids is 2. The number of ether oxygens (including phenoxy) is 2. The van der Waals surface area contributed by atoms with Gasteiger partial charge in [-0.1, -0.05) is 77.1 Å². The van der Waals surface area contributed by atoms with Crippen molar-refractivity contribution in [1.29, 1.82) is 0 Å². The first kappa shape index (κ1) is 32.2. The van der Waals surface area contributed by atoms with Gasteiger partial charge in [0, 0.05) is 12.8 Å². The van der Waals surface area contributed by atoms with Crippen molar-refractivity contribution in [1.82, 2.24) is 24.8 Å². The first-order valence-electron chi connectivity index (χ1n) is 14.7. The maximum atomic E-state index is 13.7. The Labute approximate surface area is 240 Å². The fourth-order valence-electron chi connectivity index (χ4n) is 4.97. The number of nitrogens with one attached hydrogen (secondary N) is 1. The molecule has 0 aliphatic carbocycles. The molecule has 0 spiro atoms. The Hall–Kier alpha value is -3.30. The maximum Gasteiger partial charge on any atom is 0.328 e. The summed E-state index contributed by atoms with van der Waals surface area (Å²) < 4.78 is 26.4. The molecule has 1 aliphatic rings. The Morgan fingerprint density at radius 1 is 1.22 bits per heavy atom. The van der Waals surface area contributed by atoms with E-state index >= 15 is 0 Å². The molecular weight excluding hydrogens is 531 g/mol. The maximum absolute atomic E-state index is 13.7. The largest absolute Gasteiger partial charge is 0.460 e. The van der Waals surface area contributed by atoms with E-state index < -0.39 is 42.6 Å². The number of hydrogen-bond acceptors (Lipinski definition) is 9. The average Bonchev–Trinajstić information content (AvgIpc) is 3.51. The number of aliphatic hydroxyl groups excluding tert-OH is 1. The number of amides is 1. The van der Waals surface area contributed by atoms with E-state index in [1.165, 1.54) is 69.2 Å². The third-order valence-electron chi connectivity index (χ3n) is 7.45. The number of halogens is 1. The first-order chi connectivity index (χ1) is 19.7. The topological polar surface area (TPSA) is 154 Å². The molecule has 2 aromatic rings. The van der Waals surface area contributed by atoms with Crippen molar-refractivity contribution in [2.45, 2.75) is 121 Å². The minimum atomic E-state index is -1.66. The van der Waals surface area contributed by atoms with Crippen LogP contribution in [0.2, 0.25) is 0 Å². The molecule has 3 rings (SSSR count). The number of aromatic nitrogens is 4. The van der Waals surface area contributed by atoms with Gasteiger partial charge < -0.3 is 25.6 Å². The molecule has 1 aliphatic heterocycles. The Morgan fingerprint density at radius 3 is 2.49 bits per heavy atom. The van der Waals surface area contributed by atoms with E-state index in [4.69, 9.17) is 21.6 Å². The highest BCUT2D eigenvalue weighted by atomic mass is 19.1. The number of esters is 1. The highest BCUT2D eigenvalue weighted by Gasteiger charge is 2.49.